The molecular weight excluding hydrogens is 742 g/mol. The fourth-order valence-corrected chi connectivity index (χ4v) is 8.75. The van der Waals surface area contributed by atoms with Crippen LogP contribution < -0.4 is 5.32 Å². The number of benzene rings is 2. The fourth-order valence-electron chi connectivity index (χ4n) is 7.47. The molecule has 0 unspecified atom stereocenters. The van der Waals surface area contributed by atoms with Crippen LogP contribution in [0.15, 0.2) is 45.3 Å². The molecule has 10 nitrogen and oxygen atoms in total. The normalized spacial score (nSPS) is 20.2. The molecule has 3 fully saturated rings. The summed E-state index contributed by atoms with van der Waals surface area (Å²) in [6, 6.07) is 12.6. The number of phenolic OH excluding ortho intramolecular Hbond substituents is 1. The van der Waals surface area contributed by atoms with E-state index in [2.05, 4.69) is 48.1 Å². The number of aromatic hydroxyl groups is 1. The van der Waals surface area contributed by atoms with Crippen molar-refractivity contribution in [3.8, 4) is 5.75 Å². The van der Waals surface area contributed by atoms with Gasteiger partial charge >= 0.3 is 12.1 Å². The van der Waals surface area contributed by atoms with E-state index in [9.17, 15) is 19.5 Å². The van der Waals surface area contributed by atoms with Gasteiger partial charge in [0.05, 0.1) is 16.1 Å². The number of piperazine rings is 1. The lowest BCUT2D eigenvalue weighted by Crippen LogP contribution is -2.53. The van der Waals surface area contributed by atoms with Gasteiger partial charge in [-0.15, -0.1) is 0 Å². The summed E-state index contributed by atoms with van der Waals surface area (Å²) in [5, 5.41) is 12.8. The highest BCUT2D eigenvalue weighted by atomic mass is 79.9. The number of urea groups is 1. The van der Waals surface area contributed by atoms with E-state index in [4.69, 9.17) is 4.74 Å². The quantitative estimate of drug-likeness (QED) is 0.343. The average molecular weight is 792 g/mol. The lowest BCUT2D eigenvalue weighted by molar-refractivity contribution is -0.137. The lowest BCUT2D eigenvalue weighted by atomic mass is 9.93. The third-order valence-electron chi connectivity index (χ3n) is 10.2. The molecule has 2 N–H and O–H groups in total. The number of carbonyl (C=O) groups excluding carboxylic acids is 3. The molecule has 48 heavy (non-hydrogen) atoms. The molecule has 2 aromatic carbocycles. The number of amides is 4. The third kappa shape index (κ3) is 9.24. The maximum Gasteiger partial charge on any atom is 0.409 e. The average Bonchev–Trinajstić information content (AvgIpc) is 3.28. The minimum Gasteiger partial charge on any atom is -0.506 e. The first-order valence-corrected chi connectivity index (χ1v) is 18.9. The Morgan fingerprint density at radius 2 is 1.54 bits per heavy atom. The van der Waals surface area contributed by atoms with Crippen molar-refractivity contribution in [2.75, 3.05) is 58.2 Å². The van der Waals surface area contributed by atoms with Crippen LogP contribution in [0.5, 0.6) is 5.75 Å². The summed E-state index contributed by atoms with van der Waals surface area (Å²) in [6.07, 6.45) is 9.59. The Morgan fingerprint density at radius 1 is 0.896 bits per heavy atom. The Morgan fingerprint density at radius 3 is 2.19 bits per heavy atom. The van der Waals surface area contributed by atoms with E-state index >= 15 is 0 Å². The summed E-state index contributed by atoms with van der Waals surface area (Å²) in [5.74, 6) is 0.389. The molecule has 2 saturated heterocycles. The number of rotatable bonds is 5. The minimum absolute atomic E-state index is 0.0403. The number of carbonyl (C=O) groups is 3. The number of piperidine rings is 1. The van der Waals surface area contributed by atoms with Crippen LogP contribution in [0.3, 0.4) is 0 Å². The van der Waals surface area contributed by atoms with Gasteiger partial charge in [-0.05, 0) is 99.7 Å². The topological polar surface area (TPSA) is 106 Å². The standard InChI is InChI=1S/C20H28Br2N2O2.C16H21N3O3/c1-14(11-15-12-17(21)19(25)18(22)13-15)20(26)24-9-7-23(8-10-24)16-5-3-2-4-6-16;1-22-16(21)18-9-7-13(8-10-18)19-11-6-12-4-2-3-5-14(12)17-15(19)20/h12-14,16,25H,2-11H2,1H3;2-5,13H,6-11H2,1H3,(H,17,20)/t14-;/m1./s1. The van der Waals surface area contributed by atoms with Crippen molar-refractivity contribution in [2.45, 2.75) is 76.8 Å². The van der Waals surface area contributed by atoms with E-state index in [0.29, 0.717) is 35.0 Å². The van der Waals surface area contributed by atoms with E-state index in [1.807, 2.05) is 47.1 Å². The summed E-state index contributed by atoms with van der Waals surface area (Å²) in [7, 11) is 1.40. The van der Waals surface area contributed by atoms with Crippen molar-refractivity contribution in [3.63, 3.8) is 0 Å². The highest BCUT2D eigenvalue weighted by molar-refractivity contribution is 9.11. The van der Waals surface area contributed by atoms with Gasteiger partial charge in [-0.3, -0.25) is 9.69 Å². The molecule has 1 aliphatic carbocycles. The largest absolute Gasteiger partial charge is 0.506 e. The van der Waals surface area contributed by atoms with Crippen molar-refractivity contribution in [1.82, 2.24) is 19.6 Å². The van der Waals surface area contributed by atoms with Gasteiger partial charge in [0.25, 0.3) is 0 Å². The lowest BCUT2D eigenvalue weighted by Gasteiger charge is -2.41. The number of halogens is 2. The van der Waals surface area contributed by atoms with Crippen LogP contribution in [0.4, 0.5) is 15.3 Å². The second kappa shape index (κ2) is 17.2. The zero-order chi connectivity index (χ0) is 34.2. The SMILES string of the molecule is COC(=O)N1CCC(N2CCc3ccccc3NC2=O)CC1.C[C@H](Cc1cc(Br)c(O)c(Br)c1)C(=O)N1CCN(C2CCCCC2)CC1. The Kier molecular flexibility index (Phi) is 13.1. The van der Waals surface area contributed by atoms with E-state index in [1.165, 1.54) is 44.8 Å². The van der Waals surface area contributed by atoms with Crippen LogP contribution in [0.2, 0.25) is 0 Å². The number of para-hydroxylation sites is 1. The zero-order valence-corrected chi connectivity index (χ0v) is 31.3. The zero-order valence-electron chi connectivity index (χ0n) is 28.1. The van der Waals surface area contributed by atoms with Gasteiger partial charge in [0, 0.05) is 69.5 Å². The highest BCUT2D eigenvalue weighted by Crippen LogP contribution is 2.34. The molecule has 12 heteroatoms. The number of nitrogens with one attached hydrogen (secondary N) is 1. The molecule has 6 rings (SSSR count). The van der Waals surface area contributed by atoms with Gasteiger partial charge in [-0.2, -0.15) is 0 Å². The molecular formula is C36H49Br2N5O5. The molecule has 3 heterocycles. The number of ether oxygens (including phenoxy) is 1. The number of anilines is 1. The number of fused-ring (bicyclic) bond motifs is 1. The number of hydrogen-bond acceptors (Lipinski definition) is 6. The van der Waals surface area contributed by atoms with Gasteiger partial charge in [0.1, 0.15) is 5.75 Å². The van der Waals surface area contributed by atoms with E-state index in [1.54, 1.807) is 4.90 Å². The molecule has 1 atom stereocenters. The van der Waals surface area contributed by atoms with Crippen molar-refractivity contribution < 1.29 is 24.2 Å². The van der Waals surface area contributed by atoms with Crippen LogP contribution in [-0.4, -0.2) is 108 Å². The van der Waals surface area contributed by atoms with Crippen LogP contribution in [0.1, 0.15) is 63.0 Å². The second-order valence-corrected chi connectivity index (χ2v) is 15.1. The van der Waals surface area contributed by atoms with Crippen LogP contribution >= 0.6 is 31.9 Å². The molecule has 4 amide bonds. The van der Waals surface area contributed by atoms with Crippen LogP contribution in [-0.2, 0) is 22.4 Å². The van der Waals surface area contributed by atoms with Gasteiger partial charge in [-0.25, -0.2) is 9.59 Å². The van der Waals surface area contributed by atoms with Gasteiger partial charge in [-0.1, -0.05) is 44.4 Å². The Balaban J connectivity index is 0.000000190. The van der Waals surface area contributed by atoms with E-state index in [-0.39, 0.29) is 35.7 Å². The first-order valence-electron chi connectivity index (χ1n) is 17.3. The van der Waals surface area contributed by atoms with Gasteiger partial charge in [0.2, 0.25) is 5.91 Å². The summed E-state index contributed by atoms with van der Waals surface area (Å²) in [4.78, 5) is 45.1. The second-order valence-electron chi connectivity index (χ2n) is 13.4. The molecule has 0 spiro atoms. The summed E-state index contributed by atoms with van der Waals surface area (Å²) >= 11 is 6.73. The van der Waals surface area contributed by atoms with Crippen LogP contribution in [0, 0.1) is 5.92 Å². The van der Waals surface area contributed by atoms with Crippen molar-refractivity contribution >= 4 is 55.6 Å². The highest BCUT2D eigenvalue weighted by Gasteiger charge is 2.32. The maximum absolute atomic E-state index is 12.9. The fraction of sp³-hybridized carbons (Fsp3) is 0.583. The van der Waals surface area contributed by atoms with Crippen molar-refractivity contribution in [3.05, 3.63) is 56.5 Å². The third-order valence-corrected chi connectivity index (χ3v) is 11.4. The Hall–Kier alpha value is -2.83. The summed E-state index contributed by atoms with van der Waals surface area (Å²) in [5.41, 5.74) is 3.12. The molecule has 2 aromatic rings. The molecule has 0 radical (unpaired) electrons. The Bertz CT molecular complexity index is 1400. The molecule has 1 saturated carbocycles. The van der Waals surface area contributed by atoms with Crippen LogP contribution in [0.25, 0.3) is 0 Å². The number of methoxy groups -OCH3 is 1. The maximum atomic E-state index is 12.9. The molecule has 0 aromatic heterocycles. The molecule has 262 valence electrons. The van der Waals surface area contributed by atoms with Gasteiger partial charge in [0.15, 0.2) is 0 Å². The monoisotopic (exact) mass is 789 g/mol. The van der Waals surface area contributed by atoms with Crippen molar-refractivity contribution in [1.29, 1.82) is 0 Å². The number of hydrogen-bond donors (Lipinski definition) is 2. The molecule has 0 bridgehead atoms. The minimum atomic E-state index is -0.286. The first kappa shape index (κ1) is 36.5. The molecule has 3 aliphatic heterocycles. The predicted octanol–water partition coefficient (Wildman–Crippen LogP) is 6.88. The number of phenols is 1. The Labute approximate surface area is 301 Å². The van der Waals surface area contributed by atoms with Crippen molar-refractivity contribution in [2.24, 2.45) is 5.92 Å². The smallest absolute Gasteiger partial charge is 0.409 e. The van der Waals surface area contributed by atoms with E-state index in [0.717, 1.165) is 62.7 Å². The number of nitrogens with zero attached hydrogens (tertiary/aromatic N) is 4. The first-order chi connectivity index (χ1) is 23.1. The predicted molar refractivity (Wildman–Crippen MR) is 194 cm³/mol. The molecule has 4 aliphatic rings. The number of likely N-dealkylation sites (tertiary alicyclic amines) is 1. The van der Waals surface area contributed by atoms with Gasteiger partial charge < -0.3 is 29.9 Å². The van der Waals surface area contributed by atoms with E-state index < -0.39 is 0 Å². The summed E-state index contributed by atoms with van der Waals surface area (Å²) < 4.78 is 6.06. The summed E-state index contributed by atoms with van der Waals surface area (Å²) in [6.45, 7) is 7.71.